The van der Waals surface area contributed by atoms with Crippen LogP contribution in [-0.4, -0.2) is 36.0 Å². The average Bonchev–Trinajstić information content (AvgIpc) is 3.36. The molecule has 0 aliphatic carbocycles. The molecule has 31 heavy (non-hydrogen) atoms. The number of fused-ring (bicyclic) bond motifs is 2. The number of hydrogen-bond acceptors (Lipinski definition) is 5. The predicted octanol–water partition coefficient (Wildman–Crippen LogP) is 4.55. The third-order valence-electron chi connectivity index (χ3n) is 5.03. The lowest BCUT2D eigenvalue weighted by Crippen LogP contribution is -2.27. The van der Waals surface area contributed by atoms with Crippen molar-refractivity contribution in [1.29, 1.82) is 0 Å². The third-order valence-corrected chi connectivity index (χ3v) is 5.03. The molecule has 0 saturated carbocycles. The lowest BCUT2D eigenvalue weighted by atomic mass is 9.95. The zero-order chi connectivity index (χ0) is 21.6. The van der Waals surface area contributed by atoms with Crippen molar-refractivity contribution < 1.29 is 4.79 Å². The Labute approximate surface area is 178 Å². The molecule has 0 radical (unpaired) electrons. The second-order valence-corrected chi connectivity index (χ2v) is 8.46. The molecule has 0 bridgehead atoms. The first-order valence-electron chi connectivity index (χ1n) is 9.94. The number of anilines is 1. The first-order chi connectivity index (χ1) is 14.9. The number of carbonyl (C=O) groups excluding carboxylic acids is 1. The molecule has 0 fully saturated rings. The first kappa shape index (κ1) is 18.9. The molecule has 0 spiro atoms. The van der Waals surface area contributed by atoms with Crippen LogP contribution >= 0.6 is 0 Å². The van der Waals surface area contributed by atoms with Gasteiger partial charge < -0.3 is 10.3 Å². The molecule has 0 saturated heterocycles. The van der Waals surface area contributed by atoms with E-state index in [0.717, 1.165) is 44.7 Å². The van der Waals surface area contributed by atoms with Crippen molar-refractivity contribution in [2.75, 3.05) is 5.32 Å². The summed E-state index contributed by atoms with van der Waals surface area (Å²) in [5, 5.41) is 11.4. The summed E-state index contributed by atoms with van der Waals surface area (Å²) in [5.41, 5.74) is 5.62. The summed E-state index contributed by atoms with van der Waals surface area (Å²) in [5.74, 6) is -0.0700. The molecule has 3 N–H and O–H groups in total. The van der Waals surface area contributed by atoms with Gasteiger partial charge in [-0.1, -0.05) is 20.8 Å². The van der Waals surface area contributed by atoms with Crippen molar-refractivity contribution in [3.63, 3.8) is 0 Å². The summed E-state index contributed by atoms with van der Waals surface area (Å²) in [6.45, 7) is 5.61. The van der Waals surface area contributed by atoms with E-state index in [0.29, 0.717) is 5.69 Å². The maximum absolute atomic E-state index is 12.3. The number of aromatic amines is 2. The van der Waals surface area contributed by atoms with Gasteiger partial charge >= 0.3 is 0 Å². The summed E-state index contributed by atoms with van der Waals surface area (Å²) < 4.78 is 0. The monoisotopic (exact) mass is 411 g/mol. The van der Waals surface area contributed by atoms with E-state index >= 15 is 0 Å². The van der Waals surface area contributed by atoms with Crippen LogP contribution < -0.4 is 5.32 Å². The van der Waals surface area contributed by atoms with Crippen molar-refractivity contribution in [2.45, 2.75) is 20.8 Å². The van der Waals surface area contributed by atoms with Crippen LogP contribution in [0, 0.1) is 5.41 Å². The van der Waals surface area contributed by atoms with Gasteiger partial charge in [0.25, 0.3) is 0 Å². The van der Waals surface area contributed by atoms with Gasteiger partial charge in [0.2, 0.25) is 5.91 Å². The van der Waals surface area contributed by atoms with E-state index in [2.05, 4.69) is 30.5 Å². The van der Waals surface area contributed by atoms with Crippen LogP contribution in [0.2, 0.25) is 0 Å². The number of amides is 1. The van der Waals surface area contributed by atoms with Crippen LogP contribution in [-0.2, 0) is 4.79 Å². The molecular weight excluding hydrogens is 390 g/mol. The normalized spacial score (nSPS) is 11.8. The van der Waals surface area contributed by atoms with Crippen LogP contribution in [0.5, 0.6) is 0 Å². The molecule has 5 rings (SSSR count). The topological polar surface area (TPSA) is 112 Å². The van der Waals surface area contributed by atoms with Gasteiger partial charge in [-0.2, -0.15) is 5.10 Å². The van der Waals surface area contributed by atoms with Gasteiger partial charge in [0.15, 0.2) is 0 Å². The number of pyridine rings is 3. The quantitative estimate of drug-likeness (QED) is 0.403. The zero-order valence-electron chi connectivity index (χ0n) is 17.4. The van der Waals surface area contributed by atoms with Crippen LogP contribution in [0.25, 0.3) is 44.7 Å². The van der Waals surface area contributed by atoms with E-state index in [1.807, 2.05) is 57.2 Å². The van der Waals surface area contributed by atoms with Crippen LogP contribution in [0.15, 0.2) is 55.0 Å². The van der Waals surface area contributed by atoms with Gasteiger partial charge in [0, 0.05) is 28.8 Å². The van der Waals surface area contributed by atoms with Crippen LogP contribution in [0.3, 0.4) is 0 Å². The maximum atomic E-state index is 12.3. The predicted molar refractivity (Wildman–Crippen MR) is 120 cm³/mol. The number of aromatic nitrogens is 6. The molecule has 5 aromatic rings. The Morgan fingerprint density at radius 2 is 1.97 bits per heavy atom. The molecule has 0 aliphatic heterocycles. The number of H-pyrrole nitrogens is 2. The van der Waals surface area contributed by atoms with Crippen molar-refractivity contribution in [3.8, 4) is 22.6 Å². The molecule has 8 heteroatoms. The number of hydrogen-bond donors (Lipinski definition) is 3. The number of carbonyl (C=O) groups is 1. The fourth-order valence-corrected chi connectivity index (χ4v) is 3.30. The minimum atomic E-state index is -0.493. The van der Waals surface area contributed by atoms with Crippen LogP contribution in [0.4, 0.5) is 5.69 Å². The summed E-state index contributed by atoms with van der Waals surface area (Å²) in [4.78, 5) is 29.1. The molecular formula is C23H21N7O. The van der Waals surface area contributed by atoms with E-state index in [1.54, 1.807) is 18.6 Å². The molecule has 0 atom stereocenters. The smallest absolute Gasteiger partial charge is 0.229 e. The van der Waals surface area contributed by atoms with Crippen molar-refractivity contribution in [2.24, 2.45) is 5.41 Å². The fraction of sp³-hybridized carbons (Fsp3) is 0.174. The molecule has 5 heterocycles. The Balaban J connectivity index is 1.54. The van der Waals surface area contributed by atoms with Gasteiger partial charge in [-0.25, -0.2) is 9.97 Å². The zero-order valence-corrected chi connectivity index (χ0v) is 17.4. The lowest BCUT2D eigenvalue weighted by Gasteiger charge is -2.17. The first-order valence-corrected chi connectivity index (χ1v) is 9.94. The van der Waals surface area contributed by atoms with Gasteiger partial charge in [0.1, 0.15) is 16.9 Å². The Morgan fingerprint density at radius 1 is 1.10 bits per heavy atom. The highest BCUT2D eigenvalue weighted by atomic mass is 16.2. The molecule has 8 nitrogen and oxygen atoms in total. The summed E-state index contributed by atoms with van der Waals surface area (Å²) >= 11 is 0. The summed E-state index contributed by atoms with van der Waals surface area (Å²) in [6.07, 6.45) is 5.11. The standard InChI is InChI=1S/C23H21N7O/c1-23(2,3)22(31)26-15-9-14(11-24-12-15)16-6-7-17-19(27-16)20(30-29-17)18-10-13-5-4-8-25-21(13)28-18/h4-12H,1-3H3,(H,25,28)(H,26,31)(H,29,30). The van der Waals surface area contributed by atoms with Crippen molar-refractivity contribution in [1.82, 2.24) is 30.1 Å². The Kier molecular flexibility index (Phi) is 4.28. The third kappa shape index (κ3) is 3.52. The number of nitrogens with one attached hydrogen (secondary N) is 3. The summed E-state index contributed by atoms with van der Waals surface area (Å²) in [7, 11) is 0. The summed E-state index contributed by atoms with van der Waals surface area (Å²) in [6, 6.07) is 11.6. The Bertz CT molecular complexity index is 1390. The van der Waals surface area contributed by atoms with Crippen LogP contribution in [0.1, 0.15) is 20.8 Å². The average molecular weight is 411 g/mol. The van der Waals surface area contributed by atoms with Gasteiger partial charge in [-0.05, 0) is 36.4 Å². The fourth-order valence-electron chi connectivity index (χ4n) is 3.30. The molecule has 0 unspecified atom stereocenters. The minimum Gasteiger partial charge on any atom is -0.338 e. The van der Waals surface area contributed by atoms with E-state index < -0.39 is 5.41 Å². The van der Waals surface area contributed by atoms with E-state index in [1.165, 1.54) is 0 Å². The van der Waals surface area contributed by atoms with E-state index in [-0.39, 0.29) is 5.91 Å². The van der Waals surface area contributed by atoms with Gasteiger partial charge in [-0.15, -0.1) is 0 Å². The van der Waals surface area contributed by atoms with Gasteiger partial charge in [-0.3, -0.25) is 14.9 Å². The molecule has 0 aromatic carbocycles. The Morgan fingerprint density at radius 3 is 2.77 bits per heavy atom. The van der Waals surface area contributed by atoms with E-state index in [4.69, 9.17) is 4.98 Å². The maximum Gasteiger partial charge on any atom is 0.229 e. The Hall–Kier alpha value is -4.07. The van der Waals surface area contributed by atoms with Crippen molar-refractivity contribution >= 4 is 33.7 Å². The largest absolute Gasteiger partial charge is 0.338 e. The highest BCUT2D eigenvalue weighted by Gasteiger charge is 2.21. The van der Waals surface area contributed by atoms with Gasteiger partial charge in [0.05, 0.1) is 28.8 Å². The van der Waals surface area contributed by atoms with E-state index in [9.17, 15) is 4.79 Å². The number of nitrogens with zero attached hydrogens (tertiary/aromatic N) is 4. The molecule has 1 amide bonds. The second kappa shape index (κ2) is 7.02. The molecule has 0 aliphatic rings. The number of rotatable bonds is 3. The molecule has 5 aromatic heterocycles. The lowest BCUT2D eigenvalue weighted by molar-refractivity contribution is -0.123. The highest BCUT2D eigenvalue weighted by Crippen LogP contribution is 2.29. The SMILES string of the molecule is CC(C)(C)C(=O)Nc1cncc(-c2ccc3[nH]nc(-c4cc5cccnc5[nH]4)c3n2)c1. The van der Waals surface area contributed by atoms with Crippen molar-refractivity contribution in [3.05, 3.63) is 55.0 Å². The second-order valence-electron chi connectivity index (χ2n) is 8.46. The minimum absolute atomic E-state index is 0.0700. The molecule has 154 valence electrons. The highest BCUT2D eigenvalue weighted by molar-refractivity contribution is 5.95.